The van der Waals surface area contributed by atoms with Gasteiger partial charge in [-0.15, -0.1) is 11.6 Å². The molecule has 1 saturated heterocycles. The molecule has 0 aliphatic carbocycles. The topological polar surface area (TPSA) is 12.5 Å². The van der Waals surface area contributed by atoms with Crippen molar-refractivity contribution in [3.8, 4) is 0 Å². The van der Waals surface area contributed by atoms with Crippen molar-refractivity contribution < 1.29 is 4.84 Å². The normalized spacial score (nSPS) is 28.1. The number of nitrogens with zero attached hydrogens (tertiary/aromatic N) is 1. The van der Waals surface area contributed by atoms with Crippen LogP contribution in [-0.4, -0.2) is 24.1 Å². The fourth-order valence-electron chi connectivity index (χ4n) is 1.86. The number of rotatable bonds is 2. The summed E-state index contributed by atoms with van der Waals surface area (Å²) in [5, 5.41) is 1.91. The van der Waals surface area contributed by atoms with Gasteiger partial charge >= 0.3 is 0 Å². The van der Waals surface area contributed by atoms with E-state index in [-0.39, 0.29) is 6.10 Å². The molecule has 2 atom stereocenters. The van der Waals surface area contributed by atoms with Crippen LogP contribution < -0.4 is 0 Å². The molecule has 0 radical (unpaired) electrons. The molecule has 0 spiro atoms. The number of hydrogen-bond donors (Lipinski definition) is 0. The zero-order valence-electron chi connectivity index (χ0n) is 8.19. The highest BCUT2D eigenvalue weighted by Gasteiger charge is 2.31. The van der Waals surface area contributed by atoms with Crippen molar-refractivity contribution in [2.24, 2.45) is 0 Å². The molecule has 1 aromatic rings. The van der Waals surface area contributed by atoms with Crippen molar-refractivity contribution in [2.45, 2.75) is 18.6 Å². The largest absolute Gasteiger partial charge is 0.294 e. The average Bonchev–Trinajstić information content (AvgIpc) is 2.61. The molecule has 1 aromatic carbocycles. The van der Waals surface area contributed by atoms with Crippen LogP contribution in [0, 0.1) is 0 Å². The SMILES string of the molecule is CN1O[C@@H](CCl)C[C@H]1c1ccccc1. The van der Waals surface area contributed by atoms with Crippen LogP contribution >= 0.6 is 11.6 Å². The summed E-state index contributed by atoms with van der Waals surface area (Å²) in [5.41, 5.74) is 1.29. The Morgan fingerprint density at radius 1 is 1.43 bits per heavy atom. The molecular weight excluding hydrogens is 198 g/mol. The highest BCUT2D eigenvalue weighted by Crippen LogP contribution is 2.32. The van der Waals surface area contributed by atoms with Crippen molar-refractivity contribution in [1.29, 1.82) is 0 Å². The maximum absolute atomic E-state index is 5.77. The van der Waals surface area contributed by atoms with Gasteiger partial charge in [-0.2, -0.15) is 5.06 Å². The predicted molar refractivity (Wildman–Crippen MR) is 57.2 cm³/mol. The molecule has 14 heavy (non-hydrogen) atoms. The van der Waals surface area contributed by atoms with Crippen LogP contribution in [0.15, 0.2) is 30.3 Å². The van der Waals surface area contributed by atoms with Crippen LogP contribution in [0.1, 0.15) is 18.0 Å². The van der Waals surface area contributed by atoms with Crippen LogP contribution in [0.3, 0.4) is 0 Å². The maximum atomic E-state index is 5.77. The third-order valence-corrected chi connectivity index (χ3v) is 2.94. The Hall–Kier alpha value is -0.570. The standard InChI is InChI=1S/C11H14ClNO/c1-13-11(7-10(8-12)14-13)9-5-3-2-4-6-9/h2-6,10-11H,7-8H2,1H3/t10-,11+/m1/s1. The Balaban J connectivity index is 2.13. The minimum Gasteiger partial charge on any atom is -0.294 e. The van der Waals surface area contributed by atoms with E-state index < -0.39 is 0 Å². The van der Waals surface area contributed by atoms with Crippen molar-refractivity contribution in [1.82, 2.24) is 5.06 Å². The minimum absolute atomic E-state index is 0.159. The van der Waals surface area contributed by atoms with Gasteiger partial charge in [-0.25, -0.2) is 0 Å². The van der Waals surface area contributed by atoms with Gasteiger partial charge in [-0.05, 0) is 12.0 Å². The van der Waals surface area contributed by atoms with Gasteiger partial charge in [0.1, 0.15) is 0 Å². The molecule has 0 unspecified atom stereocenters. The third-order valence-electron chi connectivity index (χ3n) is 2.60. The number of hydroxylamine groups is 2. The summed E-state index contributed by atoms with van der Waals surface area (Å²) in [7, 11) is 1.96. The van der Waals surface area contributed by atoms with Crippen molar-refractivity contribution in [2.75, 3.05) is 12.9 Å². The molecule has 76 valence electrons. The van der Waals surface area contributed by atoms with Crippen molar-refractivity contribution in [3.05, 3.63) is 35.9 Å². The molecule has 0 N–H and O–H groups in total. The van der Waals surface area contributed by atoms with Crippen LogP contribution in [-0.2, 0) is 4.84 Å². The Bertz CT molecular complexity index is 291. The van der Waals surface area contributed by atoms with Crippen LogP contribution in [0.4, 0.5) is 0 Å². The van der Waals surface area contributed by atoms with Gasteiger partial charge in [0.2, 0.25) is 0 Å². The Labute approximate surface area is 89.4 Å². The number of hydrogen-bond acceptors (Lipinski definition) is 2. The lowest BCUT2D eigenvalue weighted by Crippen LogP contribution is -2.17. The lowest BCUT2D eigenvalue weighted by Gasteiger charge is -2.17. The van der Waals surface area contributed by atoms with Gasteiger partial charge < -0.3 is 0 Å². The lowest BCUT2D eigenvalue weighted by atomic mass is 10.0. The van der Waals surface area contributed by atoms with Crippen molar-refractivity contribution >= 4 is 11.6 Å². The Morgan fingerprint density at radius 3 is 2.71 bits per heavy atom. The summed E-state index contributed by atoms with van der Waals surface area (Å²) in [5.74, 6) is 0.563. The Morgan fingerprint density at radius 2 is 2.14 bits per heavy atom. The number of halogens is 1. The van der Waals surface area contributed by atoms with Gasteiger partial charge in [0.25, 0.3) is 0 Å². The first-order chi connectivity index (χ1) is 6.81. The summed E-state index contributed by atoms with van der Waals surface area (Å²) in [6.07, 6.45) is 1.14. The van der Waals surface area contributed by atoms with Gasteiger partial charge in [-0.3, -0.25) is 4.84 Å². The van der Waals surface area contributed by atoms with Crippen LogP contribution in [0.2, 0.25) is 0 Å². The molecule has 0 amide bonds. The molecule has 1 aliphatic rings. The fraction of sp³-hybridized carbons (Fsp3) is 0.455. The number of benzene rings is 1. The molecule has 1 aliphatic heterocycles. The van der Waals surface area contributed by atoms with E-state index in [2.05, 4.69) is 24.3 Å². The van der Waals surface area contributed by atoms with E-state index >= 15 is 0 Å². The summed E-state index contributed by atoms with van der Waals surface area (Å²) in [6.45, 7) is 0. The van der Waals surface area contributed by atoms with Gasteiger partial charge in [0.15, 0.2) is 0 Å². The summed E-state index contributed by atoms with van der Waals surface area (Å²) < 4.78 is 0. The summed E-state index contributed by atoms with van der Waals surface area (Å²) in [6, 6.07) is 10.7. The smallest absolute Gasteiger partial charge is 0.0947 e. The third kappa shape index (κ3) is 1.92. The monoisotopic (exact) mass is 211 g/mol. The first-order valence-electron chi connectivity index (χ1n) is 4.82. The molecule has 3 heteroatoms. The van der Waals surface area contributed by atoms with E-state index in [9.17, 15) is 0 Å². The second-order valence-electron chi connectivity index (χ2n) is 3.59. The predicted octanol–water partition coefficient (Wildman–Crippen LogP) is 2.60. The zero-order valence-corrected chi connectivity index (χ0v) is 8.95. The minimum atomic E-state index is 0.159. The van der Waals surface area contributed by atoms with E-state index in [0.29, 0.717) is 11.9 Å². The summed E-state index contributed by atoms with van der Waals surface area (Å²) >= 11 is 5.77. The molecule has 2 rings (SSSR count). The van der Waals surface area contributed by atoms with Gasteiger partial charge in [0, 0.05) is 7.05 Å². The van der Waals surface area contributed by atoms with Crippen LogP contribution in [0.25, 0.3) is 0 Å². The molecule has 0 bridgehead atoms. The molecular formula is C11H14ClNO. The quantitative estimate of drug-likeness (QED) is 0.698. The van der Waals surface area contributed by atoms with Gasteiger partial charge in [0.05, 0.1) is 18.0 Å². The van der Waals surface area contributed by atoms with E-state index in [4.69, 9.17) is 16.4 Å². The van der Waals surface area contributed by atoms with E-state index in [1.165, 1.54) is 5.56 Å². The average molecular weight is 212 g/mol. The molecule has 1 fully saturated rings. The Kier molecular flexibility index (Phi) is 3.06. The summed E-state index contributed by atoms with van der Waals surface area (Å²) in [4.78, 5) is 5.58. The molecule has 0 aromatic heterocycles. The van der Waals surface area contributed by atoms with Gasteiger partial charge in [-0.1, -0.05) is 30.3 Å². The molecule has 0 saturated carbocycles. The maximum Gasteiger partial charge on any atom is 0.0947 e. The fourth-order valence-corrected chi connectivity index (χ4v) is 2.04. The highest BCUT2D eigenvalue weighted by molar-refractivity contribution is 6.18. The first kappa shape index (κ1) is 9.97. The second kappa shape index (κ2) is 4.30. The van der Waals surface area contributed by atoms with E-state index in [1.54, 1.807) is 0 Å². The zero-order chi connectivity index (χ0) is 9.97. The second-order valence-corrected chi connectivity index (χ2v) is 3.90. The lowest BCUT2D eigenvalue weighted by molar-refractivity contribution is -0.138. The van der Waals surface area contributed by atoms with E-state index in [1.807, 2.05) is 18.2 Å². The molecule has 2 nitrogen and oxygen atoms in total. The highest BCUT2D eigenvalue weighted by atomic mass is 35.5. The molecule has 1 heterocycles. The van der Waals surface area contributed by atoms with Crippen LogP contribution in [0.5, 0.6) is 0 Å². The van der Waals surface area contributed by atoms with Crippen molar-refractivity contribution in [3.63, 3.8) is 0 Å². The first-order valence-corrected chi connectivity index (χ1v) is 5.35. The van der Waals surface area contributed by atoms with E-state index in [0.717, 1.165) is 6.42 Å². The number of alkyl halides is 1.